The first-order chi connectivity index (χ1) is 11.5. The van der Waals surface area contributed by atoms with E-state index in [0.29, 0.717) is 12.1 Å². The highest BCUT2D eigenvalue weighted by Crippen LogP contribution is 2.40. The summed E-state index contributed by atoms with van der Waals surface area (Å²) in [6, 6.07) is 9.89. The molecule has 1 heterocycles. The van der Waals surface area contributed by atoms with E-state index in [2.05, 4.69) is 10.4 Å². The summed E-state index contributed by atoms with van der Waals surface area (Å²) in [5.41, 5.74) is 0.555. The van der Waals surface area contributed by atoms with Crippen LogP contribution in [0.3, 0.4) is 0 Å². The standard InChI is InChI=1S/C18H21N3O3/c1-18(15-8-9-15,17(23)24-2)20-16(22)14-10-19-21(12-14)11-13-6-4-3-5-7-13/h3-7,10,12,15H,8-9,11H2,1-2H3,(H,20,22). The minimum absolute atomic E-state index is 0.133. The van der Waals surface area contributed by atoms with Crippen molar-refractivity contribution >= 4 is 11.9 Å². The topological polar surface area (TPSA) is 73.2 Å². The molecule has 0 saturated heterocycles. The van der Waals surface area contributed by atoms with Crippen molar-refractivity contribution in [3.63, 3.8) is 0 Å². The van der Waals surface area contributed by atoms with Crippen molar-refractivity contribution in [2.75, 3.05) is 7.11 Å². The van der Waals surface area contributed by atoms with E-state index >= 15 is 0 Å². The second-order valence-corrected chi connectivity index (χ2v) is 6.33. The van der Waals surface area contributed by atoms with Crippen molar-refractivity contribution in [2.24, 2.45) is 5.92 Å². The van der Waals surface area contributed by atoms with Crippen LogP contribution in [0, 0.1) is 5.92 Å². The predicted molar refractivity (Wildman–Crippen MR) is 88.4 cm³/mol. The van der Waals surface area contributed by atoms with E-state index in [4.69, 9.17) is 4.74 Å². The Kier molecular flexibility index (Phi) is 4.38. The lowest BCUT2D eigenvalue weighted by Gasteiger charge is -2.27. The Morgan fingerprint density at radius 1 is 1.33 bits per heavy atom. The molecule has 1 atom stereocenters. The molecule has 24 heavy (non-hydrogen) atoms. The average Bonchev–Trinajstić information content (AvgIpc) is 3.35. The van der Waals surface area contributed by atoms with E-state index < -0.39 is 11.5 Å². The highest BCUT2D eigenvalue weighted by Gasteiger charge is 2.49. The molecule has 1 saturated carbocycles. The number of nitrogens with one attached hydrogen (secondary N) is 1. The van der Waals surface area contributed by atoms with E-state index in [9.17, 15) is 9.59 Å². The number of ether oxygens (including phenoxy) is 1. The Morgan fingerprint density at radius 3 is 2.67 bits per heavy atom. The molecule has 0 radical (unpaired) electrons. The van der Waals surface area contributed by atoms with Crippen LogP contribution in [0.2, 0.25) is 0 Å². The van der Waals surface area contributed by atoms with E-state index in [1.807, 2.05) is 30.3 Å². The van der Waals surface area contributed by atoms with E-state index in [1.54, 1.807) is 17.8 Å². The van der Waals surface area contributed by atoms with Gasteiger partial charge in [-0.05, 0) is 31.2 Å². The zero-order chi connectivity index (χ0) is 17.2. The lowest BCUT2D eigenvalue weighted by atomic mass is 9.95. The largest absolute Gasteiger partial charge is 0.467 e. The third-order valence-electron chi connectivity index (χ3n) is 4.46. The van der Waals surface area contributed by atoms with Gasteiger partial charge in [-0.1, -0.05) is 30.3 Å². The molecule has 1 aliphatic carbocycles. The number of carbonyl (C=O) groups is 2. The molecule has 3 rings (SSSR count). The molecule has 6 nitrogen and oxygen atoms in total. The lowest BCUT2D eigenvalue weighted by Crippen LogP contribution is -2.54. The molecule has 0 aliphatic heterocycles. The van der Waals surface area contributed by atoms with Crippen LogP contribution in [0.5, 0.6) is 0 Å². The van der Waals surface area contributed by atoms with Crippen molar-refractivity contribution in [1.29, 1.82) is 0 Å². The van der Waals surface area contributed by atoms with Gasteiger partial charge in [0.2, 0.25) is 0 Å². The second kappa shape index (κ2) is 6.47. The first kappa shape index (κ1) is 16.2. The molecule has 2 aromatic rings. The number of nitrogens with zero attached hydrogens (tertiary/aromatic N) is 2. The molecule has 1 amide bonds. The van der Waals surface area contributed by atoms with Crippen molar-refractivity contribution < 1.29 is 14.3 Å². The molecule has 1 aromatic carbocycles. The quantitative estimate of drug-likeness (QED) is 0.824. The van der Waals surface area contributed by atoms with E-state index in [0.717, 1.165) is 18.4 Å². The van der Waals surface area contributed by atoms with Crippen LogP contribution in [0.1, 0.15) is 35.7 Å². The zero-order valence-corrected chi connectivity index (χ0v) is 13.9. The van der Waals surface area contributed by atoms with Gasteiger partial charge in [-0.15, -0.1) is 0 Å². The van der Waals surface area contributed by atoms with Crippen molar-refractivity contribution in [1.82, 2.24) is 15.1 Å². The van der Waals surface area contributed by atoms with Gasteiger partial charge >= 0.3 is 5.97 Å². The van der Waals surface area contributed by atoms with Gasteiger partial charge in [-0.3, -0.25) is 9.48 Å². The van der Waals surface area contributed by atoms with Gasteiger partial charge in [-0.2, -0.15) is 5.10 Å². The number of rotatable bonds is 6. The van der Waals surface area contributed by atoms with Crippen LogP contribution in [0.25, 0.3) is 0 Å². The SMILES string of the molecule is COC(=O)C(C)(NC(=O)c1cnn(Cc2ccccc2)c1)C1CC1. The number of aromatic nitrogens is 2. The minimum atomic E-state index is -0.979. The molecule has 1 N–H and O–H groups in total. The monoisotopic (exact) mass is 327 g/mol. The Hall–Kier alpha value is -2.63. The summed E-state index contributed by atoms with van der Waals surface area (Å²) in [6.07, 6.45) is 5.04. The maximum Gasteiger partial charge on any atom is 0.331 e. The van der Waals surface area contributed by atoms with Crippen LogP contribution in [0.15, 0.2) is 42.7 Å². The molecule has 0 spiro atoms. The summed E-state index contributed by atoms with van der Waals surface area (Å²) >= 11 is 0. The molecule has 1 fully saturated rings. The van der Waals surface area contributed by atoms with Crippen LogP contribution in [-0.2, 0) is 16.1 Å². The van der Waals surface area contributed by atoms with E-state index in [-0.39, 0.29) is 11.8 Å². The number of hydrogen-bond donors (Lipinski definition) is 1. The Bertz CT molecular complexity index is 737. The first-order valence-corrected chi connectivity index (χ1v) is 8.00. The molecule has 6 heteroatoms. The fraction of sp³-hybridized carbons (Fsp3) is 0.389. The first-order valence-electron chi connectivity index (χ1n) is 8.00. The van der Waals surface area contributed by atoms with Gasteiger partial charge in [-0.25, -0.2) is 4.79 Å². The number of hydrogen-bond acceptors (Lipinski definition) is 4. The van der Waals surface area contributed by atoms with Gasteiger partial charge in [0.05, 0.1) is 25.4 Å². The summed E-state index contributed by atoms with van der Waals surface area (Å²) < 4.78 is 6.57. The summed E-state index contributed by atoms with van der Waals surface area (Å²) in [5.74, 6) is -0.586. The smallest absolute Gasteiger partial charge is 0.331 e. The summed E-state index contributed by atoms with van der Waals surface area (Å²) in [6.45, 7) is 2.31. The molecule has 1 aliphatic rings. The third kappa shape index (κ3) is 3.32. The number of amides is 1. The second-order valence-electron chi connectivity index (χ2n) is 6.33. The number of carbonyl (C=O) groups excluding carboxylic acids is 2. The maximum absolute atomic E-state index is 12.5. The van der Waals surface area contributed by atoms with Crippen LogP contribution < -0.4 is 5.32 Å². The average molecular weight is 327 g/mol. The molecule has 126 valence electrons. The van der Waals surface area contributed by atoms with Crippen LogP contribution in [-0.4, -0.2) is 34.3 Å². The number of benzene rings is 1. The summed E-state index contributed by atoms with van der Waals surface area (Å²) in [7, 11) is 1.34. The highest BCUT2D eigenvalue weighted by atomic mass is 16.5. The molecular weight excluding hydrogens is 306 g/mol. The fourth-order valence-electron chi connectivity index (χ4n) is 2.84. The van der Waals surface area contributed by atoms with Gasteiger partial charge in [0.25, 0.3) is 5.91 Å². The fourth-order valence-corrected chi connectivity index (χ4v) is 2.84. The highest BCUT2D eigenvalue weighted by molar-refractivity contribution is 5.97. The van der Waals surface area contributed by atoms with Gasteiger partial charge in [0.1, 0.15) is 5.54 Å². The van der Waals surface area contributed by atoms with Gasteiger partial charge in [0.15, 0.2) is 0 Å². The van der Waals surface area contributed by atoms with Crippen molar-refractivity contribution in [2.45, 2.75) is 31.8 Å². The molecule has 1 aromatic heterocycles. The normalized spacial score (nSPS) is 16.2. The third-order valence-corrected chi connectivity index (χ3v) is 4.46. The molecule has 0 bridgehead atoms. The molecule has 1 unspecified atom stereocenters. The van der Waals surface area contributed by atoms with E-state index in [1.165, 1.54) is 13.3 Å². The summed E-state index contributed by atoms with van der Waals surface area (Å²) in [5, 5.41) is 7.06. The number of esters is 1. The predicted octanol–water partition coefficient (Wildman–Crippen LogP) is 2.00. The zero-order valence-electron chi connectivity index (χ0n) is 13.9. The van der Waals surface area contributed by atoms with Gasteiger partial charge in [0, 0.05) is 6.20 Å². The Balaban J connectivity index is 1.70. The summed E-state index contributed by atoms with van der Waals surface area (Å²) in [4.78, 5) is 24.6. The van der Waals surface area contributed by atoms with Crippen LogP contribution in [0.4, 0.5) is 0 Å². The van der Waals surface area contributed by atoms with Gasteiger partial charge < -0.3 is 10.1 Å². The minimum Gasteiger partial charge on any atom is -0.467 e. The van der Waals surface area contributed by atoms with Crippen molar-refractivity contribution in [3.05, 3.63) is 53.9 Å². The maximum atomic E-state index is 12.5. The van der Waals surface area contributed by atoms with Crippen LogP contribution >= 0.6 is 0 Å². The lowest BCUT2D eigenvalue weighted by molar-refractivity contribution is -0.148. The molecular formula is C18H21N3O3. The Labute approximate surface area is 140 Å². The van der Waals surface area contributed by atoms with Crippen molar-refractivity contribution in [3.8, 4) is 0 Å². The number of methoxy groups -OCH3 is 1. The Morgan fingerprint density at radius 2 is 2.04 bits per heavy atom.